The predicted octanol–water partition coefficient (Wildman–Crippen LogP) is 4.40. The van der Waals surface area contributed by atoms with Crippen LogP contribution in [0.2, 0.25) is 0 Å². The van der Waals surface area contributed by atoms with Crippen molar-refractivity contribution < 1.29 is 19.4 Å². The number of carbonyl (C=O) groups is 1. The summed E-state index contributed by atoms with van der Waals surface area (Å²) in [5.74, 6) is 0.986. The Balaban J connectivity index is 1.52. The normalized spacial score (nSPS) is 23.2. The van der Waals surface area contributed by atoms with Crippen molar-refractivity contribution in [1.29, 1.82) is 0 Å². The molecule has 4 rings (SSSR count). The van der Waals surface area contributed by atoms with Crippen molar-refractivity contribution in [3.63, 3.8) is 0 Å². The first-order valence-electron chi connectivity index (χ1n) is 10.9. The summed E-state index contributed by atoms with van der Waals surface area (Å²) in [5, 5.41) is 16.9. The van der Waals surface area contributed by atoms with Crippen molar-refractivity contribution in [2.45, 2.75) is 50.6 Å². The zero-order valence-corrected chi connectivity index (χ0v) is 19.4. The van der Waals surface area contributed by atoms with Crippen LogP contribution < -0.4 is 14.8 Å². The van der Waals surface area contributed by atoms with Crippen molar-refractivity contribution in [3.8, 4) is 11.5 Å². The molecule has 170 valence electrons. The van der Waals surface area contributed by atoms with Gasteiger partial charge in [-0.3, -0.25) is 4.79 Å². The lowest BCUT2D eigenvalue weighted by atomic mass is 9.63. The minimum atomic E-state index is -1.05. The van der Waals surface area contributed by atoms with Gasteiger partial charge in [0.1, 0.15) is 16.1 Å². The third kappa shape index (κ3) is 4.04. The van der Waals surface area contributed by atoms with Gasteiger partial charge in [-0.25, -0.2) is 9.97 Å². The number of benzene rings is 1. The standard InChI is InChI=1S/C24H29N3O4S/c1-4-17-12-18(25-13-15-5-6-19(30-2)20(11-15)31-3)7-9-24(17,23(28)29)22-26-14-16-8-10-32-21(16)27-22/h5-6,8,10-11,14,17-18,25H,4,7,9,12-13H2,1-3H3,(H,28,29). The van der Waals surface area contributed by atoms with Gasteiger partial charge in [0.15, 0.2) is 11.5 Å². The fourth-order valence-electron chi connectivity index (χ4n) is 4.86. The van der Waals surface area contributed by atoms with Crippen LogP contribution in [-0.4, -0.2) is 41.3 Å². The van der Waals surface area contributed by atoms with Crippen molar-refractivity contribution in [1.82, 2.24) is 15.3 Å². The van der Waals surface area contributed by atoms with E-state index in [1.807, 2.05) is 29.6 Å². The van der Waals surface area contributed by atoms with E-state index in [1.165, 1.54) is 11.3 Å². The van der Waals surface area contributed by atoms with Crippen molar-refractivity contribution >= 4 is 27.5 Å². The number of hydrogen-bond acceptors (Lipinski definition) is 7. The Hall–Kier alpha value is -2.71. The Morgan fingerprint density at radius 3 is 2.81 bits per heavy atom. The van der Waals surface area contributed by atoms with Gasteiger partial charge in [0, 0.05) is 24.2 Å². The highest BCUT2D eigenvalue weighted by Crippen LogP contribution is 2.45. The second kappa shape index (κ2) is 9.42. The summed E-state index contributed by atoms with van der Waals surface area (Å²) < 4.78 is 10.7. The third-order valence-electron chi connectivity index (χ3n) is 6.68. The molecule has 1 aliphatic carbocycles. The number of ether oxygens (including phenoxy) is 2. The highest BCUT2D eigenvalue weighted by molar-refractivity contribution is 7.16. The van der Waals surface area contributed by atoms with Crippen molar-refractivity contribution in [2.75, 3.05) is 14.2 Å². The zero-order valence-electron chi connectivity index (χ0n) is 18.6. The number of carboxylic acids is 1. The number of fused-ring (bicyclic) bond motifs is 1. The molecule has 1 saturated carbocycles. The predicted molar refractivity (Wildman–Crippen MR) is 125 cm³/mol. The maximum Gasteiger partial charge on any atom is 0.317 e. The summed E-state index contributed by atoms with van der Waals surface area (Å²) >= 11 is 1.52. The second-order valence-corrected chi connectivity index (χ2v) is 9.19. The minimum Gasteiger partial charge on any atom is -0.493 e. The average molecular weight is 456 g/mol. The Labute approximate surface area is 191 Å². The first-order chi connectivity index (χ1) is 15.5. The van der Waals surface area contributed by atoms with Crippen LogP contribution in [0.4, 0.5) is 0 Å². The molecule has 8 heteroatoms. The Bertz CT molecular complexity index is 1100. The molecule has 3 unspecified atom stereocenters. The monoisotopic (exact) mass is 455 g/mol. The fourth-order valence-corrected chi connectivity index (χ4v) is 5.60. The highest BCUT2D eigenvalue weighted by atomic mass is 32.1. The van der Waals surface area contributed by atoms with Crippen molar-refractivity contribution in [2.24, 2.45) is 5.92 Å². The summed E-state index contributed by atoms with van der Waals surface area (Å²) in [6.07, 6.45) is 4.55. The van der Waals surface area contributed by atoms with E-state index in [-0.39, 0.29) is 12.0 Å². The van der Waals surface area contributed by atoms with Gasteiger partial charge < -0.3 is 19.9 Å². The van der Waals surface area contributed by atoms with E-state index in [2.05, 4.69) is 22.2 Å². The maximum absolute atomic E-state index is 12.6. The molecule has 1 aromatic carbocycles. The van der Waals surface area contributed by atoms with E-state index in [0.717, 1.165) is 35.0 Å². The van der Waals surface area contributed by atoms with Gasteiger partial charge in [0.2, 0.25) is 0 Å². The van der Waals surface area contributed by atoms with Gasteiger partial charge >= 0.3 is 5.97 Å². The van der Waals surface area contributed by atoms with E-state index in [4.69, 9.17) is 9.47 Å². The lowest BCUT2D eigenvalue weighted by Crippen LogP contribution is -2.51. The fraction of sp³-hybridized carbons (Fsp3) is 0.458. The van der Waals surface area contributed by atoms with E-state index in [9.17, 15) is 9.90 Å². The first-order valence-corrected chi connectivity index (χ1v) is 11.8. The number of aliphatic carboxylic acids is 1. The molecule has 1 fully saturated rings. The molecule has 0 aliphatic heterocycles. The molecule has 0 saturated heterocycles. The Kier molecular flexibility index (Phi) is 6.62. The SMILES string of the molecule is CCC1CC(NCc2ccc(OC)c(OC)c2)CCC1(C(=O)O)c1ncc2ccsc2n1. The number of nitrogens with one attached hydrogen (secondary N) is 1. The van der Waals surface area contributed by atoms with Gasteiger partial charge in [0.25, 0.3) is 0 Å². The minimum absolute atomic E-state index is 0.0472. The third-order valence-corrected chi connectivity index (χ3v) is 7.50. The summed E-state index contributed by atoms with van der Waals surface area (Å²) in [7, 11) is 3.25. The molecule has 0 radical (unpaired) electrons. The summed E-state index contributed by atoms with van der Waals surface area (Å²) in [6.45, 7) is 2.74. The lowest BCUT2D eigenvalue weighted by Gasteiger charge is -2.42. The number of nitrogens with zero attached hydrogens (tertiary/aromatic N) is 2. The summed E-state index contributed by atoms with van der Waals surface area (Å²) in [4.78, 5) is 22.7. The molecule has 7 nitrogen and oxygen atoms in total. The highest BCUT2D eigenvalue weighted by Gasteiger charge is 2.52. The van der Waals surface area contributed by atoms with Crippen LogP contribution >= 0.6 is 11.3 Å². The number of rotatable bonds is 8. The summed E-state index contributed by atoms with van der Waals surface area (Å²) in [5.41, 5.74) is 0.0475. The molecule has 0 bridgehead atoms. The quantitative estimate of drug-likeness (QED) is 0.520. The maximum atomic E-state index is 12.6. The van der Waals surface area contributed by atoms with Gasteiger partial charge in [0.05, 0.1) is 14.2 Å². The number of carboxylic acid groups (broad SMARTS) is 1. The van der Waals surface area contributed by atoms with E-state index >= 15 is 0 Å². The number of thiophene rings is 1. The number of methoxy groups -OCH3 is 2. The average Bonchev–Trinajstić information content (AvgIpc) is 3.30. The van der Waals surface area contributed by atoms with Crippen LogP contribution in [0.5, 0.6) is 11.5 Å². The Morgan fingerprint density at radius 2 is 2.09 bits per heavy atom. The van der Waals surface area contributed by atoms with Crippen LogP contribution in [0.25, 0.3) is 10.2 Å². The van der Waals surface area contributed by atoms with Gasteiger partial charge in [-0.15, -0.1) is 11.3 Å². The molecular weight excluding hydrogens is 426 g/mol. The van der Waals surface area contributed by atoms with E-state index in [1.54, 1.807) is 20.4 Å². The van der Waals surface area contributed by atoms with Gasteiger partial charge in [-0.05, 0) is 54.3 Å². The first kappa shape index (κ1) is 22.5. The molecule has 32 heavy (non-hydrogen) atoms. The molecule has 2 N–H and O–H groups in total. The summed E-state index contributed by atoms with van der Waals surface area (Å²) in [6, 6.07) is 8.08. The van der Waals surface area contributed by atoms with E-state index in [0.29, 0.717) is 30.3 Å². The molecule has 3 aromatic rings. The zero-order chi connectivity index (χ0) is 22.7. The van der Waals surface area contributed by atoms with Gasteiger partial charge in [-0.2, -0.15) is 0 Å². The van der Waals surface area contributed by atoms with Crippen molar-refractivity contribution in [3.05, 3.63) is 47.2 Å². The molecule has 0 spiro atoms. The molecule has 1 aliphatic rings. The molecular formula is C24H29N3O4S. The molecule has 0 amide bonds. The second-order valence-electron chi connectivity index (χ2n) is 8.30. The number of aromatic nitrogens is 2. The van der Waals surface area contributed by atoms with Crippen LogP contribution in [-0.2, 0) is 16.8 Å². The van der Waals surface area contributed by atoms with E-state index < -0.39 is 11.4 Å². The molecule has 2 aromatic heterocycles. The van der Waals surface area contributed by atoms with Crippen LogP contribution in [0.15, 0.2) is 35.8 Å². The largest absolute Gasteiger partial charge is 0.493 e. The van der Waals surface area contributed by atoms with Gasteiger partial charge in [-0.1, -0.05) is 19.4 Å². The molecule has 2 heterocycles. The van der Waals surface area contributed by atoms with Crippen LogP contribution in [0.1, 0.15) is 44.0 Å². The lowest BCUT2D eigenvalue weighted by molar-refractivity contribution is -0.148. The topological polar surface area (TPSA) is 93.6 Å². The van der Waals surface area contributed by atoms with Crippen LogP contribution in [0.3, 0.4) is 0 Å². The number of hydrogen-bond donors (Lipinski definition) is 2. The molecule has 3 atom stereocenters. The smallest absolute Gasteiger partial charge is 0.317 e. The van der Waals surface area contributed by atoms with Crippen LogP contribution in [0, 0.1) is 5.92 Å². The Morgan fingerprint density at radius 1 is 1.28 bits per heavy atom.